The number of benzene rings is 2. The number of carbonyl (C=O) groups is 1. The first-order valence-corrected chi connectivity index (χ1v) is 9.65. The summed E-state index contributed by atoms with van der Waals surface area (Å²) < 4.78 is 30.2. The van der Waals surface area contributed by atoms with Crippen molar-refractivity contribution in [2.45, 2.75) is 33.5 Å². The lowest BCUT2D eigenvalue weighted by Crippen LogP contribution is -2.08. The third-order valence-corrected chi connectivity index (χ3v) is 4.61. The van der Waals surface area contributed by atoms with E-state index in [0.29, 0.717) is 59.2 Å². The second-order valence-electron chi connectivity index (χ2n) is 6.91. The van der Waals surface area contributed by atoms with Crippen LogP contribution in [0.2, 0.25) is 0 Å². The zero-order chi connectivity index (χ0) is 21.5. The number of nitrogens with zero attached hydrogens (tertiary/aromatic N) is 1. The Morgan fingerprint density at radius 2 is 1.83 bits per heavy atom. The Labute approximate surface area is 174 Å². The van der Waals surface area contributed by atoms with Crippen LogP contribution in [0.1, 0.15) is 39.4 Å². The van der Waals surface area contributed by atoms with Gasteiger partial charge in [-0.05, 0) is 49.6 Å². The van der Waals surface area contributed by atoms with Crippen LogP contribution in [0.5, 0.6) is 0 Å². The van der Waals surface area contributed by atoms with Crippen LogP contribution in [-0.2, 0) is 22.7 Å². The first-order valence-electron chi connectivity index (χ1n) is 9.65. The normalized spacial score (nSPS) is 11.0. The number of aromatic carboxylic acids is 1. The number of carboxylic acids is 1. The number of ether oxygens (including phenoxy) is 2. The number of aromatic nitrogens is 1. The molecular weight excluding hydrogens is 389 g/mol. The summed E-state index contributed by atoms with van der Waals surface area (Å²) in [5.74, 6) is -0.301. The SMILES string of the molecule is Cc1cccc(COCCCOCc2nc(-c3cccc(F)c3)oc2C)c1C(=O)O. The maximum absolute atomic E-state index is 13.4. The van der Waals surface area contributed by atoms with Crippen molar-refractivity contribution in [2.24, 2.45) is 0 Å². The highest BCUT2D eigenvalue weighted by Crippen LogP contribution is 2.23. The van der Waals surface area contributed by atoms with Gasteiger partial charge in [0.1, 0.15) is 17.3 Å². The smallest absolute Gasteiger partial charge is 0.336 e. The lowest BCUT2D eigenvalue weighted by Gasteiger charge is -2.09. The molecule has 0 amide bonds. The van der Waals surface area contributed by atoms with Gasteiger partial charge < -0.3 is 19.0 Å². The monoisotopic (exact) mass is 413 g/mol. The fourth-order valence-corrected chi connectivity index (χ4v) is 3.08. The molecule has 0 aliphatic heterocycles. The molecule has 3 rings (SSSR count). The van der Waals surface area contributed by atoms with E-state index in [0.717, 1.165) is 0 Å². The predicted octanol–water partition coefficient (Wildman–Crippen LogP) is 4.92. The summed E-state index contributed by atoms with van der Waals surface area (Å²) in [5, 5.41) is 9.33. The van der Waals surface area contributed by atoms with E-state index >= 15 is 0 Å². The van der Waals surface area contributed by atoms with Gasteiger partial charge in [0, 0.05) is 18.8 Å². The topological polar surface area (TPSA) is 81.8 Å². The van der Waals surface area contributed by atoms with E-state index in [-0.39, 0.29) is 19.0 Å². The molecule has 0 aliphatic rings. The van der Waals surface area contributed by atoms with Gasteiger partial charge in [-0.3, -0.25) is 0 Å². The number of aryl methyl sites for hydroxylation is 2. The van der Waals surface area contributed by atoms with Crippen molar-refractivity contribution < 1.29 is 28.2 Å². The standard InChI is InChI=1S/C23H24FNO5/c1-15-6-3-8-18(21(15)23(26)27)13-28-10-5-11-29-14-20-16(2)30-22(25-20)17-7-4-9-19(24)12-17/h3-4,6-9,12H,5,10-11,13-14H2,1-2H3,(H,26,27). The van der Waals surface area contributed by atoms with Crippen LogP contribution in [0.25, 0.3) is 11.5 Å². The van der Waals surface area contributed by atoms with Crippen molar-refractivity contribution in [3.63, 3.8) is 0 Å². The van der Waals surface area contributed by atoms with Crippen LogP contribution in [0, 0.1) is 19.7 Å². The van der Waals surface area contributed by atoms with Gasteiger partial charge in [0.05, 0.1) is 18.8 Å². The third kappa shape index (κ3) is 5.52. The Morgan fingerprint density at radius 3 is 2.57 bits per heavy atom. The van der Waals surface area contributed by atoms with Gasteiger partial charge in [-0.1, -0.05) is 24.3 Å². The molecule has 0 fully saturated rings. The molecule has 1 N–H and O–H groups in total. The molecule has 0 radical (unpaired) electrons. The average molecular weight is 413 g/mol. The van der Waals surface area contributed by atoms with Gasteiger partial charge in [-0.25, -0.2) is 14.2 Å². The van der Waals surface area contributed by atoms with Crippen molar-refractivity contribution in [1.29, 1.82) is 0 Å². The lowest BCUT2D eigenvalue weighted by atomic mass is 10.0. The van der Waals surface area contributed by atoms with E-state index in [2.05, 4.69) is 4.98 Å². The minimum Gasteiger partial charge on any atom is -0.478 e. The molecular formula is C23H24FNO5. The van der Waals surface area contributed by atoms with Gasteiger partial charge in [0.2, 0.25) is 5.89 Å². The molecule has 0 saturated heterocycles. The number of halogens is 1. The Hall–Kier alpha value is -3.03. The van der Waals surface area contributed by atoms with E-state index in [1.165, 1.54) is 12.1 Å². The van der Waals surface area contributed by atoms with Crippen molar-refractivity contribution in [3.05, 3.63) is 76.4 Å². The number of oxazole rings is 1. The molecule has 0 saturated carbocycles. The van der Waals surface area contributed by atoms with E-state index < -0.39 is 5.97 Å². The van der Waals surface area contributed by atoms with E-state index in [1.54, 1.807) is 38.1 Å². The Kier molecular flexibility index (Phi) is 7.32. The van der Waals surface area contributed by atoms with E-state index in [4.69, 9.17) is 13.9 Å². The molecule has 1 aromatic heterocycles. The second kappa shape index (κ2) is 10.1. The summed E-state index contributed by atoms with van der Waals surface area (Å²) in [5.41, 5.74) is 2.92. The fraction of sp³-hybridized carbons (Fsp3) is 0.304. The lowest BCUT2D eigenvalue weighted by molar-refractivity contribution is 0.0639. The van der Waals surface area contributed by atoms with Crippen LogP contribution >= 0.6 is 0 Å². The molecule has 0 spiro atoms. The summed E-state index contributed by atoms with van der Waals surface area (Å²) in [4.78, 5) is 15.8. The van der Waals surface area contributed by atoms with Crippen LogP contribution < -0.4 is 0 Å². The molecule has 6 nitrogen and oxygen atoms in total. The maximum atomic E-state index is 13.4. The van der Waals surface area contributed by atoms with Gasteiger partial charge >= 0.3 is 5.97 Å². The molecule has 158 valence electrons. The van der Waals surface area contributed by atoms with Crippen LogP contribution in [0.15, 0.2) is 46.9 Å². The molecule has 1 heterocycles. The molecule has 7 heteroatoms. The van der Waals surface area contributed by atoms with E-state index in [9.17, 15) is 14.3 Å². The van der Waals surface area contributed by atoms with Gasteiger partial charge in [0.25, 0.3) is 0 Å². The molecule has 2 aromatic carbocycles. The molecule has 3 aromatic rings. The molecule has 0 unspecified atom stereocenters. The Bertz CT molecular complexity index is 1010. The summed E-state index contributed by atoms with van der Waals surface area (Å²) in [6, 6.07) is 11.4. The Morgan fingerprint density at radius 1 is 1.10 bits per heavy atom. The van der Waals surface area contributed by atoms with Crippen LogP contribution in [0.4, 0.5) is 4.39 Å². The zero-order valence-corrected chi connectivity index (χ0v) is 17.0. The quantitative estimate of drug-likeness (QED) is 0.475. The summed E-state index contributed by atoms with van der Waals surface area (Å²) >= 11 is 0. The summed E-state index contributed by atoms with van der Waals surface area (Å²) in [6.45, 7) is 4.99. The highest BCUT2D eigenvalue weighted by molar-refractivity contribution is 5.91. The zero-order valence-electron chi connectivity index (χ0n) is 17.0. The first kappa shape index (κ1) is 21.7. The van der Waals surface area contributed by atoms with Crippen LogP contribution in [-0.4, -0.2) is 29.3 Å². The van der Waals surface area contributed by atoms with Gasteiger partial charge in [0.15, 0.2) is 0 Å². The largest absolute Gasteiger partial charge is 0.478 e. The molecule has 0 atom stereocenters. The number of hydrogen-bond donors (Lipinski definition) is 1. The maximum Gasteiger partial charge on any atom is 0.336 e. The fourth-order valence-electron chi connectivity index (χ4n) is 3.08. The number of carboxylic acid groups (broad SMARTS) is 1. The van der Waals surface area contributed by atoms with Crippen molar-refractivity contribution >= 4 is 5.97 Å². The van der Waals surface area contributed by atoms with Gasteiger partial charge in [-0.2, -0.15) is 0 Å². The first-order chi connectivity index (χ1) is 14.5. The summed E-state index contributed by atoms with van der Waals surface area (Å²) in [6.07, 6.45) is 0.655. The number of rotatable bonds is 10. The average Bonchev–Trinajstić information content (AvgIpc) is 3.07. The molecule has 0 aliphatic carbocycles. The van der Waals surface area contributed by atoms with Crippen molar-refractivity contribution in [2.75, 3.05) is 13.2 Å². The minimum atomic E-state index is -0.948. The van der Waals surface area contributed by atoms with Gasteiger partial charge in [-0.15, -0.1) is 0 Å². The summed E-state index contributed by atoms with van der Waals surface area (Å²) in [7, 11) is 0. The predicted molar refractivity (Wildman–Crippen MR) is 109 cm³/mol. The molecule has 30 heavy (non-hydrogen) atoms. The number of hydrogen-bond acceptors (Lipinski definition) is 5. The van der Waals surface area contributed by atoms with Crippen LogP contribution in [0.3, 0.4) is 0 Å². The van der Waals surface area contributed by atoms with E-state index in [1.807, 2.05) is 6.07 Å². The third-order valence-electron chi connectivity index (χ3n) is 4.61. The highest BCUT2D eigenvalue weighted by Gasteiger charge is 2.13. The van der Waals surface area contributed by atoms with Crippen molar-refractivity contribution in [1.82, 2.24) is 4.98 Å². The highest BCUT2D eigenvalue weighted by atomic mass is 19.1. The Balaban J connectivity index is 1.41. The second-order valence-corrected chi connectivity index (χ2v) is 6.91. The molecule has 0 bridgehead atoms. The van der Waals surface area contributed by atoms with Crippen molar-refractivity contribution in [3.8, 4) is 11.5 Å². The minimum absolute atomic E-state index is 0.239.